The van der Waals surface area contributed by atoms with Crippen LogP contribution in [0.15, 0.2) is 59.1 Å². The van der Waals surface area contributed by atoms with Gasteiger partial charge < -0.3 is 10.6 Å². The normalized spacial score (nSPS) is 12.2. The van der Waals surface area contributed by atoms with Crippen LogP contribution in [0.25, 0.3) is 10.2 Å². The van der Waals surface area contributed by atoms with Crippen LogP contribution >= 0.6 is 22.9 Å². The maximum absolute atomic E-state index is 13.1. The summed E-state index contributed by atoms with van der Waals surface area (Å²) in [7, 11) is 0. The molecule has 2 amide bonds. The molecule has 0 fully saturated rings. The standard InChI is InChI=1S/C26H30ClN5O2S/c1-5-19(6-2)30-24(33)21(7-3)25(34)32-26(28-15-17-8-10-18(27)11-9-17)31-20-12-13-22-23(14-20)35-16(4)29-22/h7-14,19H,5-6,15H2,1-4H3,(H,30,33)(H2,28,31,32,34)/b21-7-. The molecule has 0 aliphatic carbocycles. The Hall–Kier alpha value is -3.23. The number of amides is 2. The molecule has 1 aromatic heterocycles. The average molecular weight is 512 g/mol. The Balaban J connectivity index is 1.83. The molecule has 0 saturated carbocycles. The van der Waals surface area contributed by atoms with E-state index in [-0.39, 0.29) is 17.6 Å². The van der Waals surface area contributed by atoms with E-state index >= 15 is 0 Å². The van der Waals surface area contributed by atoms with E-state index in [0.29, 0.717) is 11.6 Å². The molecule has 184 valence electrons. The molecule has 0 saturated heterocycles. The topological polar surface area (TPSA) is 95.5 Å². The molecule has 0 spiro atoms. The molecule has 3 N–H and O–H groups in total. The summed E-state index contributed by atoms with van der Waals surface area (Å²) >= 11 is 7.57. The second-order valence-electron chi connectivity index (χ2n) is 7.98. The molecular formula is C26H30ClN5O2S. The number of guanidine groups is 1. The number of rotatable bonds is 8. The highest BCUT2D eigenvalue weighted by Crippen LogP contribution is 2.24. The van der Waals surface area contributed by atoms with Crippen molar-refractivity contribution in [2.24, 2.45) is 4.99 Å². The van der Waals surface area contributed by atoms with Gasteiger partial charge >= 0.3 is 0 Å². The van der Waals surface area contributed by atoms with Gasteiger partial charge in [-0.2, -0.15) is 0 Å². The van der Waals surface area contributed by atoms with Gasteiger partial charge in [-0.25, -0.2) is 9.98 Å². The Morgan fingerprint density at radius 2 is 1.83 bits per heavy atom. The summed E-state index contributed by atoms with van der Waals surface area (Å²) in [6, 6.07) is 13.1. The van der Waals surface area contributed by atoms with Crippen LogP contribution in [-0.4, -0.2) is 28.8 Å². The molecule has 0 aliphatic rings. The fraction of sp³-hybridized carbons (Fsp3) is 0.308. The number of fused-ring (bicyclic) bond motifs is 1. The second-order valence-corrected chi connectivity index (χ2v) is 9.65. The molecule has 0 bridgehead atoms. The van der Waals surface area contributed by atoms with Gasteiger partial charge in [-0.3, -0.25) is 14.9 Å². The van der Waals surface area contributed by atoms with E-state index in [0.717, 1.165) is 39.3 Å². The minimum atomic E-state index is -0.534. The summed E-state index contributed by atoms with van der Waals surface area (Å²) in [5, 5.41) is 10.5. The van der Waals surface area contributed by atoms with Crippen molar-refractivity contribution in [3.05, 3.63) is 69.7 Å². The van der Waals surface area contributed by atoms with Crippen molar-refractivity contribution in [2.75, 3.05) is 5.32 Å². The molecule has 35 heavy (non-hydrogen) atoms. The summed E-state index contributed by atoms with van der Waals surface area (Å²) in [6.45, 7) is 7.93. The highest BCUT2D eigenvalue weighted by atomic mass is 35.5. The number of carbonyl (C=O) groups excluding carboxylic acids is 2. The molecule has 3 aromatic rings. The van der Waals surface area contributed by atoms with Crippen molar-refractivity contribution in [3.8, 4) is 0 Å². The van der Waals surface area contributed by atoms with Crippen LogP contribution in [0.5, 0.6) is 0 Å². The third-order valence-corrected chi connectivity index (χ3v) is 6.61. The van der Waals surface area contributed by atoms with E-state index in [2.05, 4.69) is 25.9 Å². The Bertz CT molecular complexity index is 1250. The third kappa shape index (κ3) is 7.37. The van der Waals surface area contributed by atoms with Crippen LogP contribution in [0, 0.1) is 6.92 Å². The average Bonchev–Trinajstić information content (AvgIpc) is 3.21. The van der Waals surface area contributed by atoms with Crippen LogP contribution in [-0.2, 0) is 16.1 Å². The van der Waals surface area contributed by atoms with Gasteiger partial charge in [0.15, 0.2) is 0 Å². The van der Waals surface area contributed by atoms with Crippen LogP contribution in [0.1, 0.15) is 44.2 Å². The lowest BCUT2D eigenvalue weighted by atomic mass is 10.1. The quantitative estimate of drug-likeness (QED) is 0.121. The highest BCUT2D eigenvalue weighted by Gasteiger charge is 2.21. The predicted octanol–water partition coefficient (Wildman–Crippen LogP) is 5.59. The Kier molecular flexibility index (Phi) is 9.39. The summed E-state index contributed by atoms with van der Waals surface area (Å²) in [6.07, 6.45) is 3.08. The molecule has 0 radical (unpaired) electrons. The van der Waals surface area contributed by atoms with E-state index in [4.69, 9.17) is 11.6 Å². The smallest absolute Gasteiger partial charge is 0.263 e. The lowest BCUT2D eigenvalue weighted by Gasteiger charge is -2.17. The van der Waals surface area contributed by atoms with Crippen molar-refractivity contribution >= 4 is 56.6 Å². The summed E-state index contributed by atoms with van der Waals surface area (Å²) < 4.78 is 1.02. The van der Waals surface area contributed by atoms with Crippen LogP contribution < -0.4 is 16.0 Å². The first kappa shape index (κ1) is 26.4. The number of aliphatic imine (C=N–C) groups is 1. The molecule has 0 aliphatic heterocycles. The SMILES string of the molecule is C/C=C(\C(=O)NC(=NCc1ccc(Cl)cc1)Nc1ccc2nc(C)sc2c1)C(=O)NC(CC)CC. The first-order valence-corrected chi connectivity index (χ1v) is 12.7. The molecule has 1 heterocycles. The maximum Gasteiger partial charge on any atom is 0.263 e. The summed E-state index contributed by atoms with van der Waals surface area (Å²) in [5.41, 5.74) is 2.62. The van der Waals surface area contributed by atoms with Gasteiger partial charge in [0.1, 0.15) is 5.57 Å². The molecule has 7 nitrogen and oxygen atoms in total. The Morgan fingerprint density at radius 1 is 1.11 bits per heavy atom. The van der Waals surface area contributed by atoms with Gasteiger partial charge in [-0.05, 0) is 62.6 Å². The first-order valence-electron chi connectivity index (χ1n) is 11.5. The number of benzene rings is 2. The number of anilines is 1. The number of aryl methyl sites for hydroxylation is 1. The number of aromatic nitrogens is 1. The third-order valence-electron chi connectivity index (χ3n) is 5.42. The van der Waals surface area contributed by atoms with Gasteiger partial charge in [0, 0.05) is 16.8 Å². The van der Waals surface area contributed by atoms with Crippen LogP contribution in [0.4, 0.5) is 5.69 Å². The van der Waals surface area contributed by atoms with Crippen molar-refractivity contribution in [2.45, 2.75) is 53.1 Å². The Morgan fingerprint density at radius 3 is 2.49 bits per heavy atom. The van der Waals surface area contributed by atoms with Crippen molar-refractivity contribution in [3.63, 3.8) is 0 Å². The monoisotopic (exact) mass is 511 g/mol. The number of hydrogen-bond acceptors (Lipinski definition) is 5. The van der Waals surface area contributed by atoms with Gasteiger partial charge in [0.25, 0.3) is 11.8 Å². The van der Waals surface area contributed by atoms with Gasteiger partial charge in [0.05, 0.1) is 21.8 Å². The van der Waals surface area contributed by atoms with Crippen molar-refractivity contribution < 1.29 is 9.59 Å². The molecule has 3 rings (SSSR count). The van der Waals surface area contributed by atoms with Gasteiger partial charge in [-0.1, -0.05) is 43.7 Å². The van der Waals surface area contributed by atoms with E-state index in [9.17, 15) is 9.59 Å². The number of thiazole rings is 1. The molecule has 9 heteroatoms. The van der Waals surface area contributed by atoms with E-state index < -0.39 is 11.8 Å². The van der Waals surface area contributed by atoms with Crippen LogP contribution in [0.2, 0.25) is 5.02 Å². The zero-order valence-electron chi connectivity index (χ0n) is 20.3. The lowest BCUT2D eigenvalue weighted by molar-refractivity contribution is -0.123. The summed E-state index contributed by atoms with van der Waals surface area (Å²) in [4.78, 5) is 34.8. The molecule has 0 atom stereocenters. The predicted molar refractivity (Wildman–Crippen MR) is 145 cm³/mol. The van der Waals surface area contributed by atoms with E-state index in [1.807, 2.05) is 51.1 Å². The largest absolute Gasteiger partial charge is 0.349 e. The van der Waals surface area contributed by atoms with Gasteiger partial charge in [0.2, 0.25) is 5.96 Å². The molecular weight excluding hydrogens is 482 g/mol. The number of allylic oxidation sites excluding steroid dienone is 1. The zero-order chi connectivity index (χ0) is 25.4. The number of halogens is 1. The molecule has 0 unspecified atom stereocenters. The number of nitrogens with zero attached hydrogens (tertiary/aromatic N) is 2. The van der Waals surface area contributed by atoms with Gasteiger partial charge in [-0.15, -0.1) is 11.3 Å². The fourth-order valence-corrected chi connectivity index (χ4v) is 4.41. The number of hydrogen-bond donors (Lipinski definition) is 3. The fourth-order valence-electron chi connectivity index (χ4n) is 3.42. The first-order chi connectivity index (χ1) is 16.8. The van der Waals surface area contributed by atoms with Crippen LogP contribution in [0.3, 0.4) is 0 Å². The molecule has 2 aromatic carbocycles. The summed E-state index contributed by atoms with van der Waals surface area (Å²) in [5.74, 6) is -0.703. The van der Waals surface area contributed by atoms with E-state index in [1.165, 1.54) is 6.08 Å². The number of carbonyl (C=O) groups is 2. The maximum atomic E-state index is 13.1. The van der Waals surface area contributed by atoms with Crippen molar-refractivity contribution in [1.82, 2.24) is 15.6 Å². The van der Waals surface area contributed by atoms with E-state index in [1.54, 1.807) is 30.4 Å². The lowest BCUT2D eigenvalue weighted by Crippen LogP contribution is -2.43. The minimum Gasteiger partial charge on any atom is -0.349 e. The zero-order valence-corrected chi connectivity index (χ0v) is 21.9. The second kappa shape index (κ2) is 12.5. The highest BCUT2D eigenvalue weighted by molar-refractivity contribution is 7.18. The minimum absolute atomic E-state index is 0.0102. The Labute approximate surface area is 214 Å². The van der Waals surface area contributed by atoms with Crippen molar-refractivity contribution in [1.29, 1.82) is 0 Å². The number of nitrogens with one attached hydrogen (secondary N) is 3.